The molecule has 0 spiro atoms. The third-order valence-electron chi connectivity index (χ3n) is 1.92. The van der Waals surface area contributed by atoms with Gasteiger partial charge < -0.3 is 9.94 Å². The zero-order valence-corrected chi connectivity index (χ0v) is 8.47. The van der Waals surface area contributed by atoms with Crippen molar-refractivity contribution in [2.45, 2.75) is 19.4 Å². The van der Waals surface area contributed by atoms with Gasteiger partial charge in [-0.2, -0.15) is 0 Å². The Balaban J connectivity index is 2.59. The molecule has 0 amide bonds. The van der Waals surface area contributed by atoms with Crippen LogP contribution in [0, 0.1) is 0 Å². The Morgan fingerprint density at radius 3 is 2.64 bits per heavy atom. The molecule has 0 heterocycles. The molecule has 0 bridgehead atoms. The van der Waals surface area contributed by atoms with Crippen LogP contribution in [0.5, 0.6) is 0 Å². The molecular formula is C11H15NO2. The molecule has 3 nitrogen and oxygen atoms in total. The average Bonchev–Trinajstić information content (AvgIpc) is 2.19. The van der Waals surface area contributed by atoms with Crippen LogP contribution < -0.4 is 0 Å². The molecule has 1 N–H and O–H groups in total. The Kier molecular flexibility index (Phi) is 4.13. The van der Waals surface area contributed by atoms with E-state index in [1.807, 2.05) is 37.3 Å². The van der Waals surface area contributed by atoms with E-state index in [1.54, 1.807) is 0 Å². The number of rotatable bonds is 4. The van der Waals surface area contributed by atoms with E-state index in [-0.39, 0.29) is 0 Å². The number of nitrogens with zero attached hydrogens (tertiary/aromatic N) is 1. The van der Waals surface area contributed by atoms with E-state index in [9.17, 15) is 5.11 Å². The third kappa shape index (κ3) is 3.18. The van der Waals surface area contributed by atoms with Gasteiger partial charge in [-0.15, -0.1) is 0 Å². The molecule has 1 aromatic rings. The zero-order valence-electron chi connectivity index (χ0n) is 8.47. The fraction of sp³-hybridized carbons (Fsp3) is 0.364. The summed E-state index contributed by atoms with van der Waals surface area (Å²) in [6, 6.07) is 9.52. The smallest absolute Gasteiger partial charge is 0.106 e. The van der Waals surface area contributed by atoms with Crippen LogP contribution in [0.1, 0.15) is 25.0 Å². The lowest BCUT2D eigenvalue weighted by Gasteiger charge is -2.09. The van der Waals surface area contributed by atoms with E-state index in [1.165, 1.54) is 7.11 Å². The van der Waals surface area contributed by atoms with E-state index < -0.39 is 6.10 Å². The lowest BCUT2D eigenvalue weighted by atomic mass is 10.1. The predicted molar refractivity (Wildman–Crippen MR) is 56.1 cm³/mol. The molecule has 0 fully saturated rings. The maximum Gasteiger partial charge on any atom is 0.106 e. The Morgan fingerprint density at radius 1 is 1.43 bits per heavy atom. The van der Waals surface area contributed by atoms with Crippen LogP contribution in [0.25, 0.3) is 0 Å². The standard InChI is InChI=1S/C11H15NO2/c1-9(12-14-2)8-11(13)10-6-4-3-5-7-10/h3-7,11,13H,8H2,1-2H3. The monoisotopic (exact) mass is 193 g/mol. The summed E-state index contributed by atoms with van der Waals surface area (Å²) in [7, 11) is 1.50. The van der Waals surface area contributed by atoms with E-state index in [0.29, 0.717) is 6.42 Å². The molecule has 0 aliphatic rings. The van der Waals surface area contributed by atoms with Crippen molar-refractivity contribution in [2.24, 2.45) is 5.16 Å². The molecule has 1 atom stereocenters. The van der Waals surface area contributed by atoms with Crippen molar-refractivity contribution in [3.63, 3.8) is 0 Å². The van der Waals surface area contributed by atoms with E-state index in [2.05, 4.69) is 9.99 Å². The van der Waals surface area contributed by atoms with Crippen LogP contribution in [0.4, 0.5) is 0 Å². The summed E-state index contributed by atoms with van der Waals surface area (Å²) in [6.45, 7) is 1.83. The molecule has 0 saturated carbocycles. The summed E-state index contributed by atoms with van der Waals surface area (Å²) in [5.41, 5.74) is 1.68. The molecule has 0 aliphatic carbocycles. The number of hydrogen-bond donors (Lipinski definition) is 1. The Labute approximate surface area is 84.0 Å². The van der Waals surface area contributed by atoms with E-state index >= 15 is 0 Å². The maximum absolute atomic E-state index is 9.78. The summed E-state index contributed by atoms with van der Waals surface area (Å²) < 4.78 is 0. The van der Waals surface area contributed by atoms with Gasteiger partial charge in [-0.1, -0.05) is 35.5 Å². The minimum absolute atomic E-state index is 0.498. The van der Waals surface area contributed by atoms with Gasteiger partial charge in [0, 0.05) is 6.42 Å². The van der Waals surface area contributed by atoms with Crippen LogP contribution in [0.15, 0.2) is 35.5 Å². The van der Waals surface area contributed by atoms with Crippen molar-refractivity contribution < 1.29 is 9.94 Å². The maximum atomic E-state index is 9.78. The number of aliphatic hydroxyl groups is 1. The third-order valence-corrected chi connectivity index (χ3v) is 1.92. The van der Waals surface area contributed by atoms with Gasteiger partial charge in [-0.25, -0.2) is 0 Å². The van der Waals surface area contributed by atoms with Gasteiger partial charge >= 0.3 is 0 Å². The predicted octanol–water partition coefficient (Wildman–Crippen LogP) is 2.13. The lowest BCUT2D eigenvalue weighted by Crippen LogP contribution is -2.03. The fourth-order valence-corrected chi connectivity index (χ4v) is 1.27. The lowest BCUT2D eigenvalue weighted by molar-refractivity contribution is 0.179. The largest absolute Gasteiger partial charge is 0.399 e. The highest BCUT2D eigenvalue weighted by Crippen LogP contribution is 2.16. The van der Waals surface area contributed by atoms with E-state index in [0.717, 1.165) is 11.3 Å². The van der Waals surface area contributed by atoms with Gasteiger partial charge in [0.25, 0.3) is 0 Å². The van der Waals surface area contributed by atoms with Crippen molar-refractivity contribution in [2.75, 3.05) is 7.11 Å². The SMILES string of the molecule is CON=C(C)CC(O)c1ccccc1. The van der Waals surface area contributed by atoms with Crippen LogP contribution in [0.3, 0.4) is 0 Å². The molecule has 0 aromatic heterocycles. The normalized spacial score (nSPS) is 13.8. The van der Waals surface area contributed by atoms with Crippen molar-refractivity contribution in [3.05, 3.63) is 35.9 Å². The number of benzene rings is 1. The first-order chi connectivity index (χ1) is 6.74. The highest BCUT2D eigenvalue weighted by Gasteiger charge is 2.08. The van der Waals surface area contributed by atoms with Crippen molar-refractivity contribution in [3.8, 4) is 0 Å². The molecule has 0 radical (unpaired) electrons. The van der Waals surface area contributed by atoms with Crippen LogP contribution in [0.2, 0.25) is 0 Å². The van der Waals surface area contributed by atoms with Crippen molar-refractivity contribution in [1.29, 1.82) is 0 Å². The van der Waals surface area contributed by atoms with Crippen molar-refractivity contribution >= 4 is 5.71 Å². The van der Waals surface area contributed by atoms with Crippen molar-refractivity contribution in [1.82, 2.24) is 0 Å². The molecule has 1 aromatic carbocycles. The van der Waals surface area contributed by atoms with Crippen LogP contribution in [-0.4, -0.2) is 17.9 Å². The highest BCUT2D eigenvalue weighted by molar-refractivity contribution is 5.81. The minimum Gasteiger partial charge on any atom is -0.399 e. The summed E-state index contributed by atoms with van der Waals surface area (Å²) in [6.07, 6.45) is -0.00667. The average molecular weight is 193 g/mol. The molecule has 3 heteroatoms. The van der Waals surface area contributed by atoms with Gasteiger partial charge in [0.2, 0.25) is 0 Å². The summed E-state index contributed by atoms with van der Waals surface area (Å²) in [4.78, 5) is 4.62. The summed E-state index contributed by atoms with van der Waals surface area (Å²) in [5.74, 6) is 0. The first-order valence-electron chi connectivity index (χ1n) is 4.53. The second-order valence-corrected chi connectivity index (χ2v) is 3.14. The van der Waals surface area contributed by atoms with Crippen LogP contribution in [-0.2, 0) is 4.84 Å². The molecule has 1 unspecified atom stereocenters. The van der Waals surface area contributed by atoms with E-state index in [4.69, 9.17) is 0 Å². The quantitative estimate of drug-likeness (QED) is 0.588. The molecule has 0 saturated heterocycles. The summed E-state index contributed by atoms with van der Waals surface area (Å²) >= 11 is 0. The molecular weight excluding hydrogens is 178 g/mol. The molecule has 1 rings (SSSR count). The number of aliphatic hydroxyl groups excluding tert-OH is 1. The van der Waals surface area contributed by atoms with Crippen LogP contribution >= 0.6 is 0 Å². The Bertz CT molecular complexity index is 295. The summed E-state index contributed by atoms with van der Waals surface area (Å²) in [5, 5.41) is 13.5. The number of hydrogen-bond acceptors (Lipinski definition) is 3. The molecule has 76 valence electrons. The first kappa shape index (κ1) is 10.7. The van der Waals surface area contributed by atoms with Gasteiger partial charge in [0.15, 0.2) is 0 Å². The molecule has 0 aliphatic heterocycles. The Hall–Kier alpha value is -1.35. The van der Waals surface area contributed by atoms with Gasteiger partial charge in [0.1, 0.15) is 7.11 Å². The van der Waals surface area contributed by atoms with Gasteiger partial charge in [-0.05, 0) is 12.5 Å². The Morgan fingerprint density at radius 2 is 2.07 bits per heavy atom. The topological polar surface area (TPSA) is 41.8 Å². The number of oxime groups is 1. The second-order valence-electron chi connectivity index (χ2n) is 3.14. The highest BCUT2D eigenvalue weighted by atomic mass is 16.6. The zero-order chi connectivity index (χ0) is 10.4. The fourth-order valence-electron chi connectivity index (χ4n) is 1.27. The van der Waals surface area contributed by atoms with Gasteiger partial charge in [-0.3, -0.25) is 0 Å². The van der Waals surface area contributed by atoms with Gasteiger partial charge in [0.05, 0.1) is 11.8 Å². The second kappa shape index (κ2) is 5.40. The first-order valence-corrected chi connectivity index (χ1v) is 4.53. The minimum atomic E-state index is -0.505. The molecule has 14 heavy (non-hydrogen) atoms.